The summed E-state index contributed by atoms with van der Waals surface area (Å²) in [6, 6.07) is -0.332. The number of likely N-dealkylation sites (N-methyl/N-ethyl adjacent to an activating group) is 1. The third-order valence-corrected chi connectivity index (χ3v) is 3.15. The highest BCUT2D eigenvalue weighted by atomic mass is 16.2. The van der Waals surface area contributed by atoms with Crippen molar-refractivity contribution in [1.29, 1.82) is 0 Å². The Bertz CT molecular complexity index is 265. The fourth-order valence-corrected chi connectivity index (χ4v) is 1.76. The first-order chi connectivity index (χ1) is 9.06. The Labute approximate surface area is 117 Å². The molecule has 19 heavy (non-hydrogen) atoms. The van der Waals surface area contributed by atoms with E-state index in [9.17, 15) is 9.59 Å². The number of hydrogen-bond donors (Lipinski definition) is 2. The van der Waals surface area contributed by atoms with E-state index < -0.39 is 0 Å². The molecule has 0 aliphatic heterocycles. The van der Waals surface area contributed by atoms with Crippen LogP contribution in [0.2, 0.25) is 0 Å². The lowest BCUT2D eigenvalue weighted by atomic mass is 10.2. The molecular formula is C14H29N3O2. The van der Waals surface area contributed by atoms with Crippen LogP contribution in [0.1, 0.15) is 47.0 Å². The number of amides is 2. The van der Waals surface area contributed by atoms with Crippen LogP contribution in [0.15, 0.2) is 0 Å². The zero-order valence-corrected chi connectivity index (χ0v) is 12.8. The molecular weight excluding hydrogens is 242 g/mol. The highest BCUT2D eigenvalue weighted by Crippen LogP contribution is 1.92. The molecule has 1 unspecified atom stereocenters. The molecule has 2 N–H and O–H groups in total. The molecule has 0 aromatic rings. The van der Waals surface area contributed by atoms with E-state index >= 15 is 0 Å². The summed E-state index contributed by atoms with van der Waals surface area (Å²) in [6.07, 6.45) is 3.28. The van der Waals surface area contributed by atoms with Crippen LogP contribution in [-0.2, 0) is 9.59 Å². The highest BCUT2D eigenvalue weighted by Gasteiger charge is 2.15. The molecule has 0 aromatic heterocycles. The maximum atomic E-state index is 11.8. The summed E-state index contributed by atoms with van der Waals surface area (Å²) in [6.45, 7) is 10.1. The Balaban J connectivity index is 3.86. The predicted molar refractivity (Wildman–Crippen MR) is 77.9 cm³/mol. The van der Waals surface area contributed by atoms with Gasteiger partial charge in [-0.25, -0.2) is 0 Å². The van der Waals surface area contributed by atoms with Gasteiger partial charge in [0.05, 0.1) is 12.6 Å². The van der Waals surface area contributed by atoms with Crippen LogP contribution in [0.3, 0.4) is 0 Å². The van der Waals surface area contributed by atoms with E-state index in [0.717, 1.165) is 19.3 Å². The van der Waals surface area contributed by atoms with Gasteiger partial charge in [-0.2, -0.15) is 0 Å². The summed E-state index contributed by atoms with van der Waals surface area (Å²) < 4.78 is 0. The summed E-state index contributed by atoms with van der Waals surface area (Å²) in [7, 11) is 0. The number of nitrogens with zero attached hydrogens (tertiary/aromatic N) is 1. The third kappa shape index (κ3) is 7.82. The highest BCUT2D eigenvalue weighted by molar-refractivity contribution is 5.83. The van der Waals surface area contributed by atoms with Gasteiger partial charge in [-0.15, -0.1) is 0 Å². The van der Waals surface area contributed by atoms with Gasteiger partial charge in [0.25, 0.3) is 0 Å². The molecule has 5 heteroatoms. The van der Waals surface area contributed by atoms with Gasteiger partial charge in [0, 0.05) is 19.6 Å². The molecule has 0 saturated carbocycles. The molecule has 112 valence electrons. The van der Waals surface area contributed by atoms with E-state index in [1.54, 1.807) is 11.8 Å². The second-order valence-electron chi connectivity index (χ2n) is 4.67. The summed E-state index contributed by atoms with van der Waals surface area (Å²) in [5.74, 6) is -0.000849. The number of carbonyl (C=O) groups is 2. The van der Waals surface area contributed by atoms with E-state index in [2.05, 4.69) is 17.6 Å². The lowest BCUT2D eigenvalue weighted by Gasteiger charge is -2.20. The lowest BCUT2D eigenvalue weighted by molar-refractivity contribution is -0.130. The molecule has 0 radical (unpaired) electrons. The first-order valence-electron chi connectivity index (χ1n) is 7.35. The third-order valence-electron chi connectivity index (χ3n) is 3.15. The molecule has 2 amide bonds. The van der Waals surface area contributed by atoms with E-state index in [1.807, 2.05) is 13.8 Å². The van der Waals surface area contributed by atoms with Crippen molar-refractivity contribution in [2.24, 2.45) is 0 Å². The van der Waals surface area contributed by atoms with Crippen molar-refractivity contribution in [3.8, 4) is 0 Å². The monoisotopic (exact) mass is 271 g/mol. The molecule has 0 bridgehead atoms. The number of unbranched alkanes of at least 4 members (excludes halogenated alkanes) is 2. The van der Waals surface area contributed by atoms with Gasteiger partial charge < -0.3 is 10.2 Å². The van der Waals surface area contributed by atoms with E-state index in [0.29, 0.717) is 19.6 Å². The van der Waals surface area contributed by atoms with Gasteiger partial charge in [0.1, 0.15) is 0 Å². The minimum atomic E-state index is -0.332. The minimum Gasteiger partial charge on any atom is -0.355 e. The van der Waals surface area contributed by atoms with Crippen molar-refractivity contribution in [3.05, 3.63) is 0 Å². The topological polar surface area (TPSA) is 61.4 Å². The molecule has 0 heterocycles. The van der Waals surface area contributed by atoms with Crippen molar-refractivity contribution in [1.82, 2.24) is 15.5 Å². The van der Waals surface area contributed by atoms with Gasteiger partial charge >= 0.3 is 0 Å². The number of nitrogens with one attached hydrogen (secondary N) is 2. The molecule has 0 rings (SSSR count). The van der Waals surface area contributed by atoms with Gasteiger partial charge in [0.15, 0.2) is 0 Å². The van der Waals surface area contributed by atoms with Crippen molar-refractivity contribution in [3.63, 3.8) is 0 Å². The van der Waals surface area contributed by atoms with Crippen molar-refractivity contribution < 1.29 is 9.59 Å². The second kappa shape index (κ2) is 10.8. The standard InChI is InChI=1S/C14H29N3O2/c1-5-8-9-10-15-14(19)12(4)16-11-13(18)17(6-2)7-3/h12,16H,5-11H2,1-4H3,(H,15,19). The number of hydrogen-bond acceptors (Lipinski definition) is 3. The van der Waals surface area contributed by atoms with Crippen LogP contribution in [0, 0.1) is 0 Å². The first kappa shape index (κ1) is 17.9. The fourth-order valence-electron chi connectivity index (χ4n) is 1.76. The van der Waals surface area contributed by atoms with Gasteiger partial charge in [-0.05, 0) is 27.2 Å². The van der Waals surface area contributed by atoms with Crippen LogP contribution in [0.25, 0.3) is 0 Å². The molecule has 0 fully saturated rings. The summed E-state index contributed by atoms with van der Waals surface area (Å²) in [4.78, 5) is 25.2. The lowest BCUT2D eigenvalue weighted by Crippen LogP contribution is -2.47. The fraction of sp³-hybridized carbons (Fsp3) is 0.857. The maximum Gasteiger partial charge on any atom is 0.236 e. The zero-order valence-electron chi connectivity index (χ0n) is 12.8. The Morgan fingerprint density at radius 3 is 2.26 bits per heavy atom. The van der Waals surface area contributed by atoms with Gasteiger partial charge in [0.2, 0.25) is 11.8 Å². The van der Waals surface area contributed by atoms with Crippen LogP contribution < -0.4 is 10.6 Å². The Morgan fingerprint density at radius 2 is 1.74 bits per heavy atom. The molecule has 0 aliphatic rings. The van der Waals surface area contributed by atoms with Crippen molar-refractivity contribution in [2.75, 3.05) is 26.2 Å². The smallest absolute Gasteiger partial charge is 0.236 e. The van der Waals surface area contributed by atoms with E-state index in [1.165, 1.54) is 0 Å². The summed E-state index contributed by atoms with van der Waals surface area (Å²) >= 11 is 0. The van der Waals surface area contributed by atoms with Gasteiger partial charge in [-0.3, -0.25) is 14.9 Å². The Kier molecular flexibility index (Phi) is 10.2. The average Bonchev–Trinajstić information content (AvgIpc) is 2.42. The summed E-state index contributed by atoms with van der Waals surface area (Å²) in [5.41, 5.74) is 0. The quantitative estimate of drug-likeness (QED) is 0.586. The van der Waals surface area contributed by atoms with Crippen LogP contribution in [0.5, 0.6) is 0 Å². The SMILES string of the molecule is CCCCCNC(=O)C(C)NCC(=O)N(CC)CC. The maximum absolute atomic E-state index is 11.8. The largest absolute Gasteiger partial charge is 0.355 e. The van der Waals surface area contributed by atoms with Gasteiger partial charge in [-0.1, -0.05) is 19.8 Å². The Morgan fingerprint density at radius 1 is 1.11 bits per heavy atom. The molecule has 1 atom stereocenters. The normalized spacial score (nSPS) is 12.0. The molecule has 0 aliphatic carbocycles. The van der Waals surface area contributed by atoms with Crippen LogP contribution >= 0.6 is 0 Å². The summed E-state index contributed by atoms with van der Waals surface area (Å²) in [5, 5.41) is 5.84. The minimum absolute atomic E-state index is 0.0376. The first-order valence-corrected chi connectivity index (χ1v) is 7.35. The van der Waals surface area contributed by atoms with Crippen molar-refractivity contribution in [2.45, 2.75) is 53.0 Å². The van der Waals surface area contributed by atoms with Crippen molar-refractivity contribution >= 4 is 11.8 Å². The van der Waals surface area contributed by atoms with Crippen LogP contribution in [0.4, 0.5) is 0 Å². The molecule has 0 spiro atoms. The van der Waals surface area contributed by atoms with E-state index in [4.69, 9.17) is 0 Å². The predicted octanol–water partition coefficient (Wildman–Crippen LogP) is 1.14. The molecule has 0 saturated heterocycles. The zero-order chi connectivity index (χ0) is 14.7. The molecule has 0 aromatic carbocycles. The van der Waals surface area contributed by atoms with E-state index in [-0.39, 0.29) is 24.4 Å². The number of rotatable bonds is 10. The number of carbonyl (C=O) groups excluding carboxylic acids is 2. The van der Waals surface area contributed by atoms with Crippen LogP contribution in [-0.4, -0.2) is 48.9 Å². The molecule has 5 nitrogen and oxygen atoms in total. The second-order valence-corrected chi connectivity index (χ2v) is 4.67. The average molecular weight is 271 g/mol. The Hall–Kier alpha value is -1.10.